The third kappa shape index (κ3) is 7.39. The molecule has 0 aliphatic heterocycles. The Morgan fingerprint density at radius 3 is 2.21 bits per heavy atom. The number of H-pyrrole nitrogens is 1. The number of carbonyl (C=O) groups is 5. The molecule has 5 N–H and O–H groups in total. The molecule has 218 valence electrons. The lowest BCUT2D eigenvalue weighted by Crippen LogP contribution is -2.55. The average Bonchev–Trinajstić information content (AvgIpc) is 3.38. The Bertz CT molecular complexity index is 1650. The number of benzene rings is 3. The number of nitrogens with one attached hydrogen (secondary N) is 5. The molecule has 10 nitrogen and oxygen atoms in total. The van der Waals surface area contributed by atoms with Crippen LogP contribution < -0.4 is 21.3 Å². The fourth-order valence-electron chi connectivity index (χ4n) is 4.63. The van der Waals surface area contributed by atoms with Crippen molar-refractivity contribution in [2.45, 2.75) is 58.3 Å². The molecular weight excluding hydrogens is 534 g/mol. The van der Waals surface area contributed by atoms with Gasteiger partial charge in [-0.1, -0.05) is 60.7 Å². The second-order valence-corrected chi connectivity index (χ2v) is 11.2. The van der Waals surface area contributed by atoms with Gasteiger partial charge in [0.25, 0.3) is 11.7 Å². The van der Waals surface area contributed by atoms with Crippen molar-refractivity contribution in [3.63, 3.8) is 0 Å². The minimum Gasteiger partial charge on any atom is -0.360 e. The summed E-state index contributed by atoms with van der Waals surface area (Å²) in [6.45, 7) is 7.08. The maximum Gasteiger partial charge on any atom is 0.293 e. The van der Waals surface area contributed by atoms with Crippen LogP contribution in [0.15, 0.2) is 72.9 Å². The number of ketones is 1. The van der Waals surface area contributed by atoms with Crippen LogP contribution in [0.3, 0.4) is 0 Å². The molecule has 0 saturated heterocycles. The van der Waals surface area contributed by atoms with Gasteiger partial charge >= 0.3 is 0 Å². The van der Waals surface area contributed by atoms with E-state index in [1.807, 2.05) is 42.5 Å². The molecule has 0 aliphatic carbocycles. The van der Waals surface area contributed by atoms with Crippen molar-refractivity contribution in [3.05, 3.63) is 84.1 Å². The molecule has 0 radical (unpaired) electrons. The van der Waals surface area contributed by atoms with E-state index in [0.717, 1.165) is 16.3 Å². The van der Waals surface area contributed by atoms with Gasteiger partial charge in [0, 0.05) is 29.2 Å². The SMILES string of the molecule is C[C@H](NC(=O)[C@H](CC(=O)NC(C)(C)C)NC(=O)C(=O)c1c[nH]c2ccccc12)C(=O)NCc1cccc2ccccc12. The molecule has 42 heavy (non-hydrogen) atoms. The van der Waals surface area contributed by atoms with Crippen molar-refractivity contribution in [3.8, 4) is 0 Å². The number of aromatic nitrogens is 1. The molecule has 4 amide bonds. The Hall–Kier alpha value is -4.99. The zero-order valence-corrected chi connectivity index (χ0v) is 24.0. The van der Waals surface area contributed by atoms with Crippen LogP contribution in [0.5, 0.6) is 0 Å². The molecular formula is C32H35N5O5. The molecule has 1 heterocycles. The van der Waals surface area contributed by atoms with E-state index >= 15 is 0 Å². The van der Waals surface area contributed by atoms with E-state index in [0.29, 0.717) is 10.9 Å². The lowest BCUT2D eigenvalue weighted by molar-refractivity contribution is -0.133. The lowest BCUT2D eigenvalue weighted by Gasteiger charge is -2.24. The van der Waals surface area contributed by atoms with Crippen molar-refractivity contribution < 1.29 is 24.0 Å². The van der Waals surface area contributed by atoms with Crippen molar-refractivity contribution in [1.29, 1.82) is 0 Å². The fourth-order valence-corrected chi connectivity index (χ4v) is 4.63. The Labute approximate surface area is 243 Å². The van der Waals surface area contributed by atoms with Crippen molar-refractivity contribution in [1.82, 2.24) is 26.3 Å². The third-order valence-corrected chi connectivity index (χ3v) is 6.65. The van der Waals surface area contributed by atoms with Gasteiger partial charge in [0.1, 0.15) is 12.1 Å². The first-order chi connectivity index (χ1) is 19.9. The van der Waals surface area contributed by atoms with E-state index in [4.69, 9.17) is 0 Å². The summed E-state index contributed by atoms with van der Waals surface area (Å²) in [4.78, 5) is 67.8. The van der Waals surface area contributed by atoms with Gasteiger partial charge < -0.3 is 26.3 Å². The molecule has 0 aliphatic rings. The fraction of sp³-hybridized carbons (Fsp3) is 0.281. The molecule has 10 heteroatoms. The van der Waals surface area contributed by atoms with Gasteiger partial charge in [0.2, 0.25) is 17.7 Å². The monoisotopic (exact) mass is 569 g/mol. The number of rotatable bonds is 10. The molecule has 4 rings (SSSR count). The molecule has 0 spiro atoms. The Morgan fingerprint density at radius 2 is 1.48 bits per heavy atom. The number of Topliss-reactive ketones (excluding diaryl/α,β-unsaturated/α-hetero) is 1. The van der Waals surface area contributed by atoms with Crippen LogP contribution in [-0.4, -0.2) is 52.0 Å². The molecule has 4 aromatic rings. The number of amides is 4. The van der Waals surface area contributed by atoms with Gasteiger partial charge in [0.05, 0.1) is 12.0 Å². The first-order valence-corrected chi connectivity index (χ1v) is 13.7. The van der Waals surface area contributed by atoms with Gasteiger partial charge in [-0.25, -0.2) is 0 Å². The first kappa shape index (κ1) is 30.0. The van der Waals surface area contributed by atoms with Gasteiger partial charge in [-0.3, -0.25) is 24.0 Å². The molecule has 0 bridgehead atoms. The highest BCUT2D eigenvalue weighted by Gasteiger charge is 2.30. The highest BCUT2D eigenvalue weighted by Crippen LogP contribution is 2.19. The summed E-state index contributed by atoms with van der Waals surface area (Å²) < 4.78 is 0. The Morgan fingerprint density at radius 1 is 0.810 bits per heavy atom. The summed E-state index contributed by atoms with van der Waals surface area (Å²) in [7, 11) is 0. The summed E-state index contributed by atoms with van der Waals surface area (Å²) in [6, 6.07) is 18.2. The Balaban J connectivity index is 1.44. The van der Waals surface area contributed by atoms with Gasteiger partial charge in [-0.2, -0.15) is 0 Å². The average molecular weight is 570 g/mol. The van der Waals surface area contributed by atoms with E-state index in [1.54, 1.807) is 45.0 Å². The van der Waals surface area contributed by atoms with Gasteiger partial charge in [-0.05, 0) is 50.1 Å². The number of aromatic amines is 1. The number of hydrogen-bond donors (Lipinski definition) is 5. The van der Waals surface area contributed by atoms with E-state index in [-0.39, 0.29) is 12.1 Å². The molecule has 1 aromatic heterocycles. The third-order valence-electron chi connectivity index (χ3n) is 6.65. The van der Waals surface area contributed by atoms with E-state index in [1.165, 1.54) is 13.1 Å². The van der Waals surface area contributed by atoms with E-state index in [2.05, 4.69) is 26.3 Å². The summed E-state index contributed by atoms with van der Waals surface area (Å²) >= 11 is 0. The topological polar surface area (TPSA) is 149 Å². The summed E-state index contributed by atoms with van der Waals surface area (Å²) in [5, 5.41) is 13.1. The van der Waals surface area contributed by atoms with Crippen molar-refractivity contribution in [2.24, 2.45) is 0 Å². The largest absolute Gasteiger partial charge is 0.360 e. The predicted molar refractivity (Wildman–Crippen MR) is 160 cm³/mol. The number of para-hydroxylation sites is 1. The zero-order chi connectivity index (χ0) is 30.4. The van der Waals surface area contributed by atoms with Crippen LogP contribution in [0, 0.1) is 0 Å². The number of carbonyl (C=O) groups excluding carboxylic acids is 5. The minimum atomic E-state index is -1.40. The second-order valence-electron chi connectivity index (χ2n) is 11.2. The summed E-state index contributed by atoms with van der Waals surface area (Å²) in [5.41, 5.74) is 1.15. The summed E-state index contributed by atoms with van der Waals surface area (Å²) in [5.74, 6) is -3.63. The van der Waals surface area contributed by atoms with Crippen molar-refractivity contribution >= 4 is 51.1 Å². The van der Waals surface area contributed by atoms with Gasteiger partial charge in [-0.15, -0.1) is 0 Å². The number of hydrogen-bond acceptors (Lipinski definition) is 5. The molecule has 0 saturated carbocycles. The van der Waals surface area contributed by atoms with Crippen LogP contribution >= 0.6 is 0 Å². The smallest absolute Gasteiger partial charge is 0.293 e. The van der Waals surface area contributed by atoms with Crippen LogP contribution in [0.2, 0.25) is 0 Å². The zero-order valence-electron chi connectivity index (χ0n) is 24.0. The lowest BCUT2D eigenvalue weighted by atomic mass is 10.0. The molecule has 0 unspecified atom stereocenters. The number of fused-ring (bicyclic) bond motifs is 2. The van der Waals surface area contributed by atoms with E-state index in [9.17, 15) is 24.0 Å². The molecule has 3 aromatic carbocycles. The quantitative estimate of drug-likeness (QED) is 0.147. The van der Waals surface area contributed by atoms with Crippen LogP contribution in [0.1, 0.15) is 50.0 Å². The highest BCUT2D eigenvalue weighted by atomic mass is 16.2. The van der Waals surface area contributed by atoms with Crippen LogP contribution in [0.25, 0.3) is 21.7 Å². The second kappa shape index (κ2) is 12.7. The van der Waals surface area contributed by atoms with Crippen LogP contribution in [-0.2, 0) is 25.7 Å². The van der Waals surface area contributed by atoms with Crippen LogP contribution in [0.4, 0.5) is 0 Å². The molecule has 0 fully saturated rings. The maximum absolute atomic E-state index is 13.3. The minimum absolute atomic E-state index is 0.141. The summed E-state index contributed by atoms with van der Waals surface area (Å²) in [6.07, 6.45) is 0.997. The standard InChI is InChI=1S/C32H35N5O5/c1-19(29(40)34-17-21-12-9-11-20-10-5-6-13-22(20)21)35-30(41)26(16-27(38)37-32(2,3)4)36-31(42)28(39)24-18-33-25-15-8-7-14-23(24)25/h5-15,18-19,26,33H,16-17H2,1-4H3,(H,34,40)(H,35,41)(H,36,42)(H,37,38)/t19-,26-/m0/s1. The highest BCUT2D eigenvalue weighted by molar-refractivity contribution is 6.45. The first-order valence-electron chi connectivity index (χ1n) is 13.7. The van der Waals surface area contributed by atoms with Gasteiger partial charge in [0.15, 0.2) is 0 Å². The maximum atomic E-state index is 13.3. The Kier molecular flexibility index (Phi) is 9.05. The predicted octanol–water partition coefficient (Wildman–Crippen LogP) is 3.11. The van der Waals surface area contributed by atoms with Crippen molar-refractivity contribution in [2.75, 3.05) is 0 Å². The molecule has 2 atom stereocenters. The normalized spacial score (nSPS) is 12.8. The van der Waals surface area contributed by atoms with E-state index < -0.39 is 53.5 Å².